The Morgan fingerprint density at radius 3 is 2.12 bits per heavy atom. The van der Waals surface area contributed by atoms with Gasteiger partial charge in [-0.25, -0.2) is 0 Å². The summed E-state index contributed by atoms with van der Waals surface area (Å²) >= 11 is 0. The summed E-state index contributed by atoms with van der Waals surface area (Å²) in [5.41, 5.74) is 0.450. The van der Waals surface area contributed by atoms with Gasteiger partial charge in [0.2, 0.25) is 0 Å². The van der Waals surface area contributed by atoms with Crippen molar-refractivity contribution in [2.24, 2.45) is 5.92 Å². The minimum atomic E-state index is -4.86. The molecule has 1 fully saturated rings. The van der Waals surface area contributed by atoms with Gasteiger partial charge in [-0.1, -0.05) is 24.3 Å². The Morgan fingerprint density at radius 1 is 1.12 bits per heavy atom. The minimum Gasteiger partial charge on any atom is -0.445 e. The molecule has 88 valence electrons. The van der Waals surface area contributed by atoms with Gasteiger partial charge in [0.15, 0.2) is 0 Å². The minimum absolute atomic E-state index is 0. The molecule has 0 spiro atoms. The van der Waals surface area contributed by atoms with Crippen LogP contribution in [-0.4, -0.2) is 20.2 Å². The van der Waals surface area contributed by atoms with E-state index in [0.29, 0.717) is 5.92 Å². The van der Waals surface area contributed by atoms with E-state index in [1.807, 2.05) is 0 Å². The van der Waals surface area contributed by atoms with Crippen molar-refractivity contribution >= 4 is 12.4 Å². The number of benzene rings is 1. The molecule has 0 aliphatic carbocycles. The molecule has 0 bridgehead atoms. The molecule has 0 amide bonds. The molecule has 1 nitrogen and oxygen atoms in total. The quantitative estimate of drug-likeness (QED) is 0.658. The van der Waals surface area contributed by atoms with Crippen LogP contribution < -0.4 is 56.8 Å². The fraction of sp³-hybridized carbons (Fsp3) is 0.455. The van der Waals surface area contributed by atoms with Crippen molar-refractivity contribution in [3.8, 4) is 0 Å². The zero-order chi connectivity index (χ0) is 11.6. The second kappa shape index (κ2) is 6.73. The molecule has 2 rings (SSSR count). The Hall–Kier alpha value is 0.671. The number of hydrogen-bond donors (Lipinski definition) is 0. The predicted molar refractivity (Wildman–Crippen MR) is 57.8 cm³/mol. The second-order valence-electron chi connectivity index (χ2n) is 4.26. The number of rotatable bonds is 4. The Morgan fingerprint density at radius 2 is 1.71 bits per heavy atom. The number of halogens is 3. The van der Waals surface area contributed by atoms with Crippen molar-refractivity contribution in [1.82, 2.24) is 0 Å². The molecule has 1 heterocycles. The predicted octanol–water partition coefficient (Wildman–Crippen LogP) is -0.676. The van der Waals surface area contributed by atoms with E-state index in [-0.39, 0.29) is 51.4 Å². The van der Waals surface area contributed by atoms with Crippen LogP contribution in [0.15, 0.2) is 24.3 Å². The first-order chi connectivity index (χ1) is 7.55. The normalized spacial score (nSPS) is 16.2. The first kappa shape index (κ1) is 15.7. The first-order valence-corrected chi connectivity index (χ1v) is 5.42. The van der Waals surface area contributed by atoms with Gasteiger partial charge >= 0.3 is 58.4 Å². The van der Waals surface area contributed by atoms with E-state index in [4.69, 9.17) is 4.74 Å². The average Bonchev–Trinajstić information content (AvgIpc) is 2.15. The van der Waals surface area contributed by atoms with Crippen molar-refractivity contribution in [2.75, 3.05) is 13.2 Å². The van der Waals surface area contributed by atoms with Crippen LogP contribution in [0.4, 0.5) is 12.9 Å². The van der Waals surface area contributed by atoms with Gasteiger partial charge in [0.25, 0.3) is 0 Å². The van der Waals surface area contributed by atoms with Gasteiger partial charge in [0, 0.05) is 5.92 Å². The van der Waals surface area contributed by atoms with E-state index in [2.05, 4.69) is 0 Å². The van der Waals surface area contributed by atoms with Crippen LogP contribution in [0.25, 0.3) is 0 Å². The van der Waals surface area contributed by atoms with E-state index in [9.17, 15) is 12.9 Å². The third-order valence-electron chi connectivity index (χ3n) is 2.91. The fourth-order valence-electron chi connectivity index (χ4n) is 1.72. The third-order valence-corrected chi connectivity index (χ3v) is 2.91. The summed E-state index contributed by atoms with van der Waals surface area (Å²) in [4.78, 5) is 0. The molecule has 0 unspecified atom stereocenters. The number of ether oxygens (including phenoxy) is 1. The number of aryl methyl sites for hydroxylation is 1. The van der Waals surface area contributed by atoms with Crippen LogP contribution >= 0.6 is 0 Å². The van der Waals surface area contributed by atoms with Crippen LogP contribution in [0.1, 0.15) is 12.0 Å². The zero-order valence-electron chi connectivity index (χ0n) is 9.83. The van der Waals surface area contributed by atoms with Crippen molar-refractivity contribution in [3.63, 3.8) is 0 Å². The molecule has 1 aromatic carbocycles. The van der Waals surface area contributed by atoms with Crippen molar-refractivity contribution in [2.45, 2.75) is 12.8 Å². The molecule has 17 heavy (non-hydrogen) atoms. The summed E-state index contributed by atoms with van der Waals surface area (Å²) in [6.07, 6.45) is 1.83. The summed E-state index contributed by atoms with van der Waals surface area (Å²) < 4.78 is 42.1. The summed E-state index contributed by atoms with van der Waals surface area (Å²) in [7, 11) is 0. The summed E-state index contributed by atoms with van der Waals surface area (Å²) in [6, 6.07) is 5.49. The van der Waals surface area contributed by atoms with E-state index >= 15 is 0 Å². The monoisotopic (exact) mass is 268 g/mol. The zero-order valence-corrected chi connectivity index (χ0v) is 13.0. The second-order valence-corrected chi connectivity index (χ2v) is 4.26. The topological polar surface area (TPSA) is 9.23 Å². The average molecular weight is 268 g/mol. The van der Waals surface area contributed by atoms with E-state index in [1.54, 1.807) is 12.1 Å². The van der Waals surface area contributed by atoms with Crippen LogP contribution in [0.2, 0.25) is 0 Å². The van der Waals surface area contributed by atoms with E-state index < -0.39 is 12.4 Å². The van der Waals surface area contributed by atoms with Crippen molar-refractivity contribution < 1.29 is 69.1 Å². The molecule has 0 atom stereocenters. The Kier molecular flexibility index (Phi) is 6.22. The molecule has 1 aliphatic heterocycles. The number of hydrogen-bond acceptors (Lipinski definition) is 1. The van der Waals surface area contributed by atoms with Gasteiger partial charge in [-0.15, -0.1) is 5.46 Å². The smallest absolute Gasteiger partial charge is 0.445 e. The molecular formula is C11H13BF3KO. The maximum atomic E-state index is 12.3. The van der Waals surface area contributed by atoms with Gasteiger partial charge in [-0.2, -0.15) is 0 Å². The molecule has 0 N–H and O–H groups in total. The molecule has 6 heteroatoms. The van der Waals surface area contributed by atoms with Crippen molar-refractivity contribution in [3.05, 3.63) is 29.8 Å². The molecule has 1 aromatic rings. The summed E-state index contributed by atoms with van der Waals surface area (Å²) in [6.45, 7) is -3.27. The van der Waals surface area contributed by atoms with Crippen LogP contribution in [-0.2, 0) is 11.2 Å². The van der Waals surface area contributed by atoms with Gasteiger partial charge in [0.1, 0.15) is 0 Å². The van der Waals surface area contributed by atoms with Gasteiger partial charge in [0.05, 0.1) is 13.2 Å². The molecular weight excluding hydrogens is 255 g/mol. The molecule has 1 aliphatic rings. The Bertz CT molecular complexity index is 349. The van der Waals surface area contributed by atoms with Crippen molar-refractivity contribution in [1.29, 1.82) is 0 Å². The maximum Gasteiger partial charge on any atom is 1.00 e. The SMILES string of the molecule is F[B-](F)(F)c1ccc(CCC2COC2)cc1.[K+]. The maximum absolute atomic E-state index is 12.3. The molecule has 1 saturated heterocycles. The fourth-order valence-corrected chi connectivity index (χ4v) is 1.72. The standard InChI is InChI=1S/C11H13BF3O.K/c13-12(14,15)11-5-3-9(4-6-11)1-2-10-7-16-8-10;/h3-6,10H,1-2,7-8H2;/q-1;+1. The van der Waals surface area contributed by atoms with E-state index in [1.165, 1.54) is 12.1 Å². The van der Waals surface area contributed by atoms with Gasteiger partial charge < -0.3 is 17.7 Å². The third kappa shape index (κ3) is 4.69. The largest absolute Gasteiger partial charge is 1.00 e. The van der Waals surface area contributed by atoms with Gasteiger partial charge in [-0.05, 0) is 18.4 Å². The Balaban J connectivity index is 0.00000144. The molecule has 0 aromatic heterocycles. The van der Waals surface area contributed by atoms with Crippen LogP contribution in [0.5, 0.6) is 0 Å². The first-order valence-electron chi connectivity index (χ1n) is 5.42. The van der Waals surface area contributed by atoms with Crippen LogP contribution in [0, 0.1) is 5.92 Å². The summed E-state index contributed by atoms with van der Waals surface area (Å²) in [5.74, 6) is 0.589. The Labute approximate surface area is 142 Å². The van der Waals surface area contributed by atoms with Gasteiger partial charge in [-0.3, -0.25) is 0 Å². The van der Waals surface area contributed by atoms with E-state index in [0.717, 1.165) is 31.6 Å². The molecule has 0 radical (unpaired) electrons. The summed E-state index contributed by atoms with van der Waals surface area (Å²) in [5, 5.41) is 0. The molecule has 0 saturated carbocycles. The van der Waals surface area contributed by atoms with Crippen LogP contribution in [0.3, 0.4) is 0 Å².